The van der Waals surface area contributed by atoms with Crippen LogP contribution in [0.2, 0.25) is 0 Å². The number of guanidine groups is 1. The molecule has 1 rings (SSSR count). The number of imidazole rings is 1. The highest BCUT2D eigenvalue weighted by molar-refractivity contribution is 5.79. The van der Waals surface area contributed by atoms with Gasteiger partial charge in [0, 0.05) is 45.7 Å². The minimum Gasteiger partial charge on any atom is -0.383 e. The Balaban J connectivity index is 2.15. The van der Waals surface area contributed by atoms with Gasteiger partial charge in [-0.25, -0.2) is 4.98 Å². The van der Waals surface area contributed by atoms with Crippen LogP contribution in [0, 0.1) is 0 Å². The first-order chi connectivity index (χ1) is 8.76. The van der Waals surface area contributed by atoms with Crippen molar-refractivity contribution in [1.29, 1.82) is 0 Å². The molecule has 0 fully saturated rings. The minimum atomic E-state index is 0.245. The van der Waals surface area contributed by atoms with E-state index in [0.717, 1.165) is 25.5 Å². The fraction of sp³-hybridized carbons (Fsp3) is 0.667. The van der Waals surface area contributed by atoms with Crippen LogP contribution in [-0.4, -0.2) is 48.9 Å². The van der Waals surface area contributed by atoms with Crippen LogP contribution in [-0.2, 0) is 11.3 Å². The third kappa shape index (κ3) is 5.67. The summed E-state index contributed by atoms with van der Waals surface area (Å²) in [6.45, 7) is 4.55. The molecule has 0 aliphatic heterocycles. The van der Waals surface area contributed by atoms with Gasteiger partial charge in [0.05, 0.1) is 12.9 Å². The predicted molar refractivity (Wildman–Crippen MR) is 72.7 cm³/mol. The van der Waals surface area contributed by atoms with Crippen LogP contribution in [0.5, 0.6) is 0 Å². The van der Waals surface area contributed by atoms with E-state index in [-0.39, 0.29) is 6.04 Å². The fourth-order valence-corrected chi connectivity index (χ4v) is 1.61. The average Bonchev–Trinajstić information content (AvgIpc) is 2.86. The van der Waals surface area contributed by atoms with Crippen LogP contribution in [0.15, 0.2) is 23.7 Å². The highest BCUT2D eigenvalue weighted by atomic mass is 16.5. The van der Waals surface area contributed by atoms with E-state index in [1.54, 1.807) is 20.4 Å². The van der Waals surface area contributed by atoms with Crippen molar-refractivity contribution in [1.82, 2.24) is 20.2 Å². The summed E-state index contributed by atoms with van der Waals surface area (Å²) in [6.07, 6.45) is 6.61. The summed E-state index contributed by atoms with van der Waals surface area (Å²) in [5, 5.41) is 6.53. The first kappa shape index (κ1) is 14.5. The second-order valence-electron chi connectivity index (χ2n) is 4.15. The van der Waals surface area contributed by atoms with E-state index in [2.05, 4.69) is 32.1 Å². The zero-order valence-corrected chi connectivity index (χ0v) is 11.4. The van der Waals surface area contributed by atoms with Crippen LogP contribution in [0.1, 0.15) is 13.3 Å². The summed E-state index contributed by atoms with van der Waals surface area (Å²) in [4.78, 5) is 8.17. The third-order valence-electron chi connectivity index (χ3n) is 2.47. The van der Waals surface area contributed by atoms with Crippen molar-refractivity contribution in [2.45, 2.75) is 25.9 Å². The molecule has 0 aliphatic rings. The van der Waals surface area contributed by atoms with Crippen molar-refractivity contribution >= 4 is 5.96 Å². The summed E-state index contributed by atoms with van der Waals surface area (Å²) in [5.41, 5.74) is 0. The molecule has 0 saturated heterocycles. The van der Waals surface area contributed by atoms with Crippen molar-refractivity contribution < 1.29 is 4.74 Å². The van der Waals surface area contributed by atoms with E-state index in [4.69, 9.17) is 4.74 Å². The third-order valence-corrected chi connectivity index (χ3v) is 2.47. The number of methoxy groups -OCH3 is 1. The molecular weight excluding hydrogens is 230 g/mol. The maximum absolute atomic E-state index is 5.07. The molecule has 0 bridgehead atoms. The second kappa shape index (κ2) is 8.52. The molecule has 0 aliphatic carbocycles. The number of nitrogens with one attached hydrogen (secondary N) is 2. The van der Waals surface area contributed by atoms with Gasteiger partial charge in [-0.05, 0) is 13.3 Å². The van der Waals surface area contributed by atoms with Crippen molar-refractivity contribution in [3.8, 4) is 0 Å². The predicted octanol–water partition coefficient (Wildman–Crippen LogP) is 0.473. The first-order valence-electron chi connectivity index (χ1n) is 6.18. The van der Waals surface area contributed by atoms with E-state index in [1.165, 1.54) is 0 Å². The van der Waals surface area contributed by atoms with Gasteiger partial charge in [-0.1, -0.05) is 0 Å². The number of aryl methyl sites for hydroxylation is 1. The van der Waals surface area contributed by atoms with Gasteiger partial charge in [-0.3, -0.25) is 4.99 Å². The summed E-state index contributed by atoms with van der Waals surface area (Å²) >= 11 is 0. The summed E-state index contributed by atoms with van der Waals surface area (Å²) in [7, 11) is 3.46. The zero-order valence-electron chi connectivity index (χ0n) is 11.4. The molecule has 0 radical (unpaired) electrons. The molecule has 0 saturated carbocycles. The van der Waals surface area contributed by atoms with E-state index in [0.29, 0.717) is 6.61 Å². The van der Waals surface area contributed by atoms with E-state index < -0.39 is 0 Å². The molecule has 1 heterocycles. The SMILES string of the molecule is CN=C(NCCCn1ccnc1)NC(C)COC. The summed E-state index contributed by atoms with van der Waals surface area (Å²) in [5.74, 6) is 0.810. The highest BCUT2D eigenvalue weighted by Gasteiger charge is 2.03. The van der Waals surface area contributed by atoms with Crippen molar-refractivity contribution in [2.24, 2.45) is 4.99 Å². The van der Waals surface area contributed by atoms with Gasteiger partial charge in [0.25, 0.3) is 0 Å². The molecule has 1 aromatic heterocycles. The van der Waals surface area contributed by atoms with E-state index in [9.17, 15) is 0 Å². The summed E-state index contributed by atoms with van der Waals surface area (Å²) in [6, 6.07) is 0.245. The Hall–Kier alpha value is -1.56. The molecule has 0 spiro atoms. The normalized spacial score (nSPS) is 13.4. The van der Waals surface area contributed by atoms with Gasteiger partial charge in [0.1, 0.15) is 0 Å². The highest BCUT2D eigenvalue weighted by Crippen LogP contribution is 1.89. The van der Waals surface area contributed by atoms with Crippen LogP contribution >= 0.6 is 0 Å². The van der Waals surface area contributed by atoms with Gasteiger partial charge < -0.3 is 19.9 Å². The number of hydrogen-bond donors (Lipinski definition) is 2. The molecule has 1 atom stereocenters. The average molecular weight is 253 g/mol. The van der Waals surface area contributed by atoms with Gasteiger partial charge in [-0.2, -0.15) is 0 Å². The Kier molecular flexibility index (Phi) is 6.86. The lowest BCUT2D eigenvalue weighted by molar-refractivity contribution is 0.179. The number of aliphatic imine (C=N–C) groups is 1. The van der Waals surface area contributed by atoms with Gasteiger partial charge >= 0.3 is 0 Å². The molecular formula is C12H23N5O. The summed E-state index contributed by atoms with van der Waals surface area (Å²) < 4.78 is 7.13. The van der Waals surface area contributed by atoms with Gasteiger partial charge in [0.15, 0.2) is 5.96 Å². The number of hydrogen-bond acceptors (Lipinski definition) is 3. The minimum absolute atomic E-state index is 0.245. The zero-order chi connectivity index (χ0) is 13.2. The molecule has 1 unspecified atom stereocenters. The van der Waals surface area contributed by atoms with Crippen LogP contribution in [0.25, 0.3) is 0 Å². The topological polar surface area (TPSA) is 63.5 Å². The molecule has 2 N–H and O–H groups in total. The largest absolute Gasteiger partial charge is 0.383 e. The standard InChI is InChI=1S/C12H23N5O/c1-11(9-18-3)16-12(13-2)15-5-4-7-17-8-6-14-10-17/h6,8,10-11H,4-5,7,9H2,1-3H3,(H2,13,15,16). The van der Waals surface area contributed by atoms with Crippen molar-refractivity contribution in [3.05, 3.63) is 18.7 Å². The van der Waals surface area contributed by atoms with Crippen molar-refractivity contribution in [2.75, 3.05) is 27.3 Å². The Morgan fingerprint density at radius 3 is 3.00 bits per heavy atom. The molecule has 102 valence electrons. The Morgan fingerprint density at radius 2 is 2.39 bits per heavy atom. The lowest BCUT2D eigenvalue weighted by Gasteiger charge is -2.17. The fourth-order valence-electron chi connectivity index (χ4n) is 1.61. The van der Waals surface area contributed by atoms with E-state index >= 15 is 0 Å². The van der Waals surface area contributed by atoms with Crippen LogP contribution in [0.4, 0.5) is 0 Å². The number of rotatable bonds is 7. The monoisotopic (exact) mass is 253 g/mol. The maximum Gasteiger partial charge on any atom is 0.191 e. The number of aromatic nitrogens is 2. The lowest BCUT2D eigenvalue weighted by Crippen LogP contribution is -2.44. The Morgan fingerprint density at radius 1 is 1.56 bits per heavy atom. The van der Waals surface area contributed by atoms with Crippen molar-refractivity contribution in [3.63, 3.8) is 0 Å². The maximum atomic E-state index is 5.07. The number of ether oxygens (including phenoxy) is 1. The molecule has 1 aromatic rings. The quantitative estimate of drug-likeness (QED) is 0.421. The van der Waals surface area contributed by atoms with Gasteiger partial charge in [-0.15, -0.1) is 0 Å². The molecule has 6 heteroatoms. The molecule has 0 aromatic carbocycles. The Labute approximate surface area is 108 Å². The van der Waals surface area contributed by atoms with Crippen LogP contribution < -0.4 is 10.6 Å². The number of nitrogens with zero attached hydrogens (tertiary/aromatic N) is 3. The molecule has 18 heavy (non-hydrogen) atoms. The smallest absolute Gasteiger partial charge is 0.191 e. The van der Waals surface area contributed by atoms with Crippen LogP contribution in [0.3, 0.4) is 0 Å². The van der Waals surface area contributed by atoms with E-state index in [1.807, 2.05) is 12.5 Å². The second-order valence-corrected chi connectivity index (χ2v) is 4.15. The molecule has 6 nitrogen and oxygen atoms in total. The Bertz CT molecular complexity index is 336. The molecule has 0 amide bonds. The first-order valence-corrected chi connectivity index (χ1v) is 6.18. The van der Waals surface area contributed by atoms with Gasteiger partial charge in [0.2, 0.25) is 0 Å². The lowest BCUT2D eigenvalue weighted by atomic mass is 10.3.